The number of likely N-dealkylation sites (N-methyl/N-ethyl adjacent to an activating group) is 1. The molecule has 2 aromatic heterocycles. The number of para-hydroxylation sites is 2. The number of nitrogens with zero attached hydrogens (tertiary/aromatic N) is 4. The standard InChI is InChI=1S/C16H20N6O/c1-21(16(23)12(17)7-11-8-18-10-19-11)9-15-20-13-5-3-4-6-14(13)22(15)2/h3-6,8,10,12H,7,9,17H2,1-2H3,(H,18,19)/t12-/m0/s1. The number of fused-ring (bicyclic) bond motifs is 1. The van der Waals surface area contributed by atoms with Crippen LogP contribution in [0.5, 0.6) is 0 Å². The van der Waals surface area contributed by atoms with Crippen LogP contribution in [0.15, 0.2) is 36.8 Å². The van der Waals surface area contributed by atoms with E-state index in [9.17, 15) is 4.79 Å². The third-order valence-electron chi connectivity index (χ3n) is 3.95. The third-order valence-corrected chi connectivity index (χ3v) is 3.95. The van der Waals surface area contributed by atoms with Crippen molar-refractivity contribution in [3.05, 3.63) is 48.3 Å². The van der Waals surface area contributed by atoms with E-state index in [-0.39, 0.29) is 5.91 Å². The van der Waals surface area contributed by atoms with Gasteiger partial charge in [-0.15, -0.1) is 0 Å². The number of carbonyl (C=O) groups excluding carboxylic acids is 1. The highest BCUT2D eigenvalue weighted by atomic mass is 16.2. The largest absolute Gasteiger partial charge is 0.348 e. The van der Waals surface area contributed by atoms with Crippen LogP contribution in [0, 0.1) is 0 Å². The first-order valence-electron chi connectivity index (χ1n) is 7.44. The topological polar surface area (TPSA) is 92.8 Å². The molecule has 0 fully saturated rings. The summed E-state index contributed by atoms with van der Waals surface area (Å²) < 4.78 is 2.00. The summed E-state index contributed by atoms with van der Waals surface area (Å²) in [5.74, 6) is 0.711. The third kappa shape index (κ3) is 3.09. The van der Waals surface area contributed by atoms with Crippen LogP contribution in [0.25, 0.3) is 11.0 Å². The maximum absolute atomic E-state index is 12.4. The average Bonchev–Trinajstić information content (AvgIpc) is 3.16. The first-order chi connectivity index (χ1) is 11.1. The molecule has 2 heterocycles. The number of aromatic nitrogens is 4. The zero-order valence-electron chi connectivity index (χ0n) is 13.2. The normalized spacial score (nSPS) is 12.5. The Morgan fingerprint density at radius 2 is 2.22 bits per heavy atom. The number of rotatable bonds is 5. The monoisotopic (exact) mass is 312 g/mol. The Balaban J connectivity index is 1.71. The molecule has 0 saturated carbocycles. The van der Waals surface area contributed by atoms with Crippen molar-refractivity contribution in [2.45, 2.75) is 19.0 Å². The van der Waals surface area contributed by atoms with Gasteiger partial charge in [-0.1, -0.05) is 12.1 Å². The molecule has 1 amide bonds. The summed E-state index contributed by atoms with van der Waals surface area (Å²) in [6.07, 6.45) is 3.69. The summed E-state index contributed by atoms with van der Waals surface area (Å²) >= 11 is 0. The highest BCUT2D eigenvalue weighted by Gasteiger charge is 2.20. The Bertz CT molecular complexity index is 807. The minimum Gasteiger partial charge on any atom is -0.348 e. The molecule has 0 bridgehead atoms. The molecule has 120 valence electrons. The van der Waals surface area contributed by atoms with Crippen LogP contribution in [0.3, 0.4) is 0 Å². The second kappa shape index (κ2) is 6.21. The van der Waals surface area contributed by atoms with Gasteiger partial charge in [0.1, 0.15) is 5.82 Å². The molecule has 0 aliphatic rings. The summed E-state index contributed by atoms with van der Waals surface area (Å²) in [5, 5.41) is 0. The number of H-pyrrole nitrogens is 1. The number of hydrogen-bond acceptors (Lipinski definition) is 4. The Labute approximate surface area is 134 Å². The zero-order chi connectivity index (χ0) is 16.4. The molecule has 0 spiro atoms. The fourth-order valence-electron chi connectivity index (χ4n) is 2.63. The summed E-state index contributed by atoms with van der Waals surface area (Å²) in [5.41, 5.74) is 8.83. The predicted octanol–water partition coefficient (Wildman–Crippen LogP) is 0.825. The molecule has 23 heavy (non-hydrogen) atoms. The molecule has 3 N–H and O–H groups in total. The van der Waals surface area contributed by atoms with Gasteiger partial charge in [-0.3, -0.25) is 4.79 Å². The lowest BCUT2D eigenvalue weighted by Gasteiger charge is -2.20. The van der Waals surface area contributed by atoms with Crippen LogP contribution < -0.4 is 5.73 Å². The Hall–Kier alpha value is -2.67. The molecule has 1 aromatic carbocycles. The van der Waals surface area contributed by atoms with Crippen molar-refractivity contribution in [3.8, 4) is 0 Å². The van der Waals surface area contributed by atoms with E-state index in [0.29, 0.717) is 13.0 Å². The Morgan fingerprint density at radius 1 is 1.43 bits per heavy atom. The van der Waals surface area contributed by atoms with Crippen LogP contribution in [0.2, 0.25) is 0 Å². The van der Waals surface area contributed by atoms with E-state index in [1.54, 1.807) is 24.5 Å². The molecule has 7 heteroatoms. The van der Waals surface area contributed by atoms with E-state index in [1.807, 2.05) is 35.9 Å². The second-order valence-corrected chi connectivity index (χ2v) is 5.66. The lowest BCUT2D eigenvalue weighted by Crippen LogP contribution is -2.43. The van der Waals surface area contributed by atoms with Crippen LogP contribution in [0.4, 0.5) is 0 Å². The molecule has 7 nitrogen and oxygen atoms in total. The fourth-order valence-corrected chi connectivity index (χ4v) is 2.63. The number of benzene rings is 1. The minimum absolute atomic E-state index is 0.119. The van der Waals surface area contributed by atoms with E-state index in [4.69, 9.17) is 5.73 Å². The molecule has 3 aromatic rings. The van der Waals surface area contributed by atoms with E-state index in [2.05, 4.69) is 15.0 Å². The van der Waals surface area contributed by atoms with E-state index in [0.717, 1.165) is 22.6 Å². The number of nitrogens with one attached hydrogen (secondary N) is 1. The van der Waals surface area contributed by atoms with E-state index >= 15 is 0 Å². The number of aryl methyl sites for hydroxylation is 1. The molecule has 0 unspecified atom stereocenters. The molecule has 0 aliphatic carbocycles. The van der Waals surface area contributed by atoms with Gasteiger partial charge in [-0.25, -0.2) is 9.97 Å². The number of hydrogen-bond donors (Lipinski definition) is 2. The molecule has 0 saturated heterocycles. The van der Waals surface area contributed by atoms with Gasteiger partial charge >= 0.3 is 0 Å². The number of amides is 1. The summed E-state index contributed by atoms with van der Waals surface area (Å²) in [7, 11) is 3.70. The van der Waals surface area contributed by atoms with Gasteiger partial charge < -0.3 is 20.2 Å². The maximum atomic E-state index is 12.4. The highest BCUT2D eigenvalue weighted by Crippen LogP contribution is 2.15. The van der Waals surface area contributed by atoms with Crippen molar-refractivity contribution in [1.29, 1.82) is 0 Å². The molecule has 0 aliphatic heterocycles. The van der Waals surface area contributed by atoms with Crippen LogP contribution in [0.1, 0.15) is 11.5 Å². The van der Waals surface area contributed by atoms with Gasteiger partial charge in [0.25, 0.3) is 0 Å². The smallest absolute Gasteiger partial charge is 0.240 e. The second-order valence-electron chi connectivity index (χ2n) is 5.66. The highest BCUT2D eigenvalue weighted by molar-refractivity contribution is 5.82. The lowest BCUT2D eigenvalue weighted by atomic mass is 10.1. The average molecular weight is 312 g/mol. The SMILES string of the molecule is CN(Cc1nc2ccccc2n1C)C(=O)[C@@H](N)Cc1cnc[nH]1. The van der Waals surface area contributed by atoms with Crippen LogP contribution in [-0.2, 0) is 24.8 Å². The van der Waals surface area contributed by atoms with Gasteiger partial charge in [-0.05, 0) is 12.1 Å². The van der Waals surface area contributed by atoms with Crippen molar-refractivity contribution < 1.29 is 4.79 Å². The molecule has 1 atom stereocenters. The van der Waals surface area contributed by atoms with Crippen molar-refractivity contribution >= 4 is 16.9 Å². The molecule has 3 rings (SSSR count). The lowest BCUT2D eigenvalue weighted by molar-refractivity contribution is -0.131. The van der Waals surface area contributed by atoms with Gasteiger partial charge in [0.05, 0.1) is 29.9 Å². The van der Waals surface area contributed by atoms with Crippen molar-refractivity contribution in [2.75, 3.05) is 7.05 Å². The van der Waals surface area contributed by atoms with Crippen molar-refractivity contribution in [2.24, 2.45) is 12.8 Å². The first-order valence-corrected chi connectivity index (χ1v) is 7.44. The van der Waals surface area contributed by atoms with Gasteiger partial charge in [0.2, 0.25) is 5.91 Å². The van der Waals surface area contributed by atoms with Gasteiger partial charge in [0.15, 0.2) is 0 Å². The molecular formula is C16H20N6O. The van der Waals surface area contributed by atoms with Gasteiger partial charge in [0, 0.05) is 32.4 Å². The summed E-state index contributed by atoms with van der Waals surface area (Å²) in [6.45, 7) is 0.417. The van der Waals surface area contributed by atoms with Crippen LogP contribution in [-0.4, -0.2) is 43.4 Å². The summed E-state index contributed by atoms with van der Waals surface area (Å²) in [6, 6.07) is 7.30. The Kier molecular flexibility index (Phi) is 4.12. The fraction of sp³-hybridized carbons (Fsp3) is 0.312. The molecular weight excluding hydrogens is 292 g/mol. The van der Waals surface area contributed by atoms with E-state index < -0.39 is 6.04 Å². The minimum atomic E-state index is -0.602. The maximum Gasteiger partial charge on any atom is 0.240 e. The van der Waals surface area contributed by atoms with Crippen molar-refractivity contribution in [3.63, 3.8) is 0 Å². The summed E-state index contributed by atoms with van der Waals surface area (Å²) in [4.78, 5) is 25.5. The number of nitrogens with two attached hydrogens (primary N) is 1. The first kappa shape index (κ1) is 15.2. The predicted molar refractivity (Wildman–Crippen MR) is 87.5 cm³/mol. The van der Waals surface area contributed by atoms with Crippen molar-refractivity contribution in [1.82, 2.24) is 24.4 Å². The molecule has 0 radical (unpaired) electrons. The zero-order valence-corrected chi connectivity index (χ0v) is 13.2. The number of aromatic amines is 1. The number of imidazole rings is 2. The Morgan fingerprint density at radius 3 is 2.91 bits per heavy atom. The van der Waals surface area contributed by atoms with Crippen LogP contribution >= 0.6 is 0 Å². The number of carbonyl (C=O) groups is 1. The quantitative estimate of drug-likeness (QED) is 0.729. The van der Waals surface area contributed by atoms with Gasteiger partial charge in [-0.2, -0.15) is 0 Å². The van der Waals surface area contributed by atoms with E-state index in [1.165, 1.54) is 0 Å².